The van der Waals surface area contributed by atoms with Crippen LogP contribution in [-0.2, 0) is 6.42 Å². The maximum Gasteiger partial charge on any atom is 0.319 e. The Morgan fingerprint density at radius 3 is 2.74 bits per heavy atom. The molecule has 100 valence electrons. The lowest BCUT2D eigenvalue weighted by atomic mass is 10.3. The van der Waals surface area contributed by atoms with Gasteiger partial charge in [-0.1, -0.05) is 0 Å². The molecule has 19 heavy (non-hydrogen) atoms. The molecule has 0 atom stereocenters. The molecule has 0 aliphatic heterocycles. The molecule has 6 heteroatoms. The minimum absolute atomic E-state index is 0.0830. The molecule has 4 nitrogen and oxygen atoms in total. The summed E-state index contributed by atoms with van der Waals surface area (Å²) >= 11 is 2.96. The van der Waals surface area contributed by atoms with Crippen LogP contribution in [0.1, 0.15) is 21.5 Å². The molecule has 0 unspecified atom stereocenters. The predicted molar refractivity (Wildman–Crippen MR) is 79.4 cm³/mol. The molecule has 0 saturated heterocycles. The number of ketones is 1. The first-order valence-electron chi connectivity index (χ1n) is 5.83. The molecular weight excluding hydrogens is 280 g/mol. The van der Waals surface area contributed by atoms with Gasteiger partial charge >= 0.3 is 6.03 Å². The second kappa shape index (κ2) is 6.49. The van der Waals surface area contributed by atoms with Crippen molar-refractivity contribution in [1.82, 2.24) is 5.32 Å². The van der Waals surface area contributed by atoms with E-state index in [4.69, 9.17) is 0 Å². The average molecular weight is 294 g/mol. The van der Waals surface area contributed by atoms with E-state index >= 15 is 0 Å². The smallest absolute Gasteiger partial charge is 0.319 e. The van der Waals surface area contributed by atoms with Crippen molar-refractivity contribution in [3.8, 4) is 0 Å². The number of urea groups is 1. The highest BCUT2D eigenvalue weighted by atomic mass is 32.1. The first-order valence-corrected chi connectivity index (χ1v) is 7.53. The fraction of sp³-hybridized carbons (Fsp3) is 0.231. The molecule has 0 fully saturated rings. The van der Waals surface area contributed by atoms with Gasteiger partial charge in [-0.2, -0.15) is 0 Å². The van der Waals surface area contributed by atoms with Gasteiger partial charge in [-0.25, -0.2) is 4.79 Å². The number of carbonyl (C=O) groups excluding carboxylic acids is 2. The third-order valence-electron chi connectivity index (χ3n) is 2.42. The molecule has 2 amide bonds. The highest BCUT2D eigenvalue weighted by Crippen LogP contribution is 2.17. The predicted octanol–water partition coefficient (Wildman–Crippen LogP) is 3.38. The Labute approximate surface area is 119 Å². The third-order valence-corrected chi connectivity index (χ3v) is 4.45. The third kappa shape index (κ3) is 4.18. The van der Waals surface area contributed by atoms with Crippen molar-refractivity contribution in [2.45, 2.75) is 13.3 Å². The quantitative estimate of drug-likeness (QED) is 0.831. The van der Waals surface area contributed by atoms with Gasteiger partial charge in [0.15, 0.2) is 5.78 Å². The molecule has 0 spiro atoms. The molecule has 0 aliphatic rings. The Morgan fingerprint density at radius 1 is 1.26 bits per heavy atom. The lowest BCUT2D eigenvalue weighted by Crippen LogP contribution is -2.29. The molecule has 0 aromatic carbocycles. The number of carbonyl (C=O) groups is 2. The minimum Gasteiger partial charge on any atom is -0.337 e. The lowest BCUT2D eigenvalue weighted by molar-refractivity contribution is 0.102. The van der Waals surface area contributed by atoms with Crippen LogP contribution in [0.25, 0.3) is 0 Å². The van der Waals surface area contributed by atoms with Gasteiger partial charge < -0.3 is 5.32 Å². The topological polar surface area (TPSA) is 58.2 Å². The zero-order valence-electron chi connectivity index (χ0n) is 10.4. The highest BCUT2D eigenvalue weighted by Gasteiger charge is 2.05. The van der Waals surface area contributed by atoms with Crippen LogP contribution in [0.5, 0.6) is 0 Å². The van der Waals surface area contributed by atoms with Crippen molar-refractivity contribution in [2.24, 2.45) is 0 Å². The van der Waals surface area contributed by atoms with Crippen LogP contribution in [0.2, 0.25) is 0 Å². The van der Waals surface area contributed by atoms with Gasteiger partial charge in [-0.15, -0.1) is 22.7 Å². The van der Waals surface area contributed by atoms with E-state index in [9.17, 15) is 9.59 Å². The molecule has 0 bridgehead atoms. The lowest BCUT2D eigenvalue weighted by Gasteiger charge is -2.04. The Hall–Kier alpha value is -1.66. The fourth-order valence-corrected chi connectivity index (χ4v) is 3.02. The van der Waals surface area contributed by atoms with Gasteiger partial charge in [0, 0.05) is 11.4 Å². The van der Waals surface area contributed by atoms with Crippen LogP contribution in [0.3, 0.4) is 0 Å². The van der Waals surface area contributed by atoms with Gasteiger partial charge in [-0.05, 0) is 43.0 Å². The van der Waals surface area contributed by atoms with Gasteiger partial charge in [0.05, 0.1) is 9.88 Å². The first-order chi connectivity index (χ1) is 9.15. The van der Waals surface area contributed by atoms with Crippen molar-refractivity contribution in [1.29, 1.82) is 0 Å². The van der Waals surface area contributed by atoms with Crippen molar-refractivity contribution in [2.75, 3.05) is 11.9 Å². The normalized spacial score (nSPS) is 10.2. The van der Waals surface area contributed by atoms with Gasteiger partial charge in [-0.3, -0.25) is 10.1 Å². The summed E-state index contributed by atoms with van der Waals surface area (Å²) in [4.78, 5) is 24.6. The van der Waals surface area contributed by atoms with E-state index in [1.54, 1.807) is 6.92 Å². The van der Waals surface area contributed by atoms with E-state index in [0.717, 1.165) is 21.2 Å². The summed E-state index contributed by atoms with van der Waals surface area (Å²) in [5.41, 5.74) is 0. The number of hydrogen-bond acceptors (Lipinski definition) is 4. The summed E-state index contributed by atoms with van der Waals surface area (Å²) < 4.78 is 0. The van der Waals surface area contributed by atoms with E-state index in [2.05, 4.69) is 10.6 Å². The molecule has 2 N–H and O–H groups in total. The molecule has 0 aliphatic carbocycles. The number of thiophene rings is 2. The fourth-order valence-electron chi connectivity index (χ4n) is 1.51. The van der Waals surface area contributed by atoms with Crippen molar-refractivity contribution >= 4 is 39.5 Å². The van der Waals surface area contributed by atoms with E-state index in [0.29, 0.717) is 6.54 Å². The molecule has 0 saturated carbocycles. The zero-order chi connectivity index (χ0) is 13.7. The van der Waals surface area contributed by atoms with Gasteiger partial charge in [0.25, 0.3) is 0 Å². The Kier molecular flexibility index (Phi) is 4.70. The maximum atomic E-state index is 11.5. The zero-order valence-corrected chi connectivity index (χ0v) is 12.1. The summed E-state index contributed by atoms with van der Waals surface area (Å²) in [6, 6.07) is 7.29. The summed E-state index contributed by atoms with van der Waals surface area (Å²) in [5, 5.41) is 8.27. The van der Waals surface area contributed by atoms with E-state index in [1.165, 1.54) is 22.7 Å². The second-order valence-electron chi connectivity index (χ2n) is 3.93. The first kappa shape index (κ1) is 13.8. The summed E-state index contributed by atoms with van der Waals surface area (Å²) in [6.45, 7) is 2.11. The SMILES string of the molecule is CC(=O)c1ccc(CCNC(=O)Nc2cccs2)s1. The van der Waals surface area contributed by atoms with Crippen LogP contribution < -0.4 is 10.6 Å². The number of hydrogen-bond donors (Lipinski definition) is 2. The van der Waals surface area contributed by atoms with Crippen molar-refractivity contribution < 1.29 is 9.59 Å². The Morgan fingerprint density at radius 2 is 2.11 bits per heavy atom. The largest absolute Gasteiger partial charge is 0.337 e. The number of Topliss-reactive ketones (excluding diaryl/α,β-unsaturated/α-hetero) is 1. The minimum atomic E-state index is -0.203. The molecule has 2 aromatic heterocycles. The number of anilines is 1. The van der Waals surface area contributed by atoms with Crippen LogP contribution in [0, 0.1) is 0 Å². The average Bonchev–Trinajstić information content (AvgIpc) is 3.00. The Balaban J connectivity index is 1.73. The van der Waals surface area contributed by atoms with Crippen LogP contribution in [-0.4, -0.2) is 18.4 Å². The number of rotatable bonds is 5. The molecule has 2 aromatic rings. The number of amides is 2. The standard InChI is InChI=1S/C13H14N2O2S2/c1-9(16)11-5-4-10(19-11)6-7-14-13(17)15-12-3-2-8-18-12/h2-5,8H,6-7H2,1H3,(H2,14,15,17). The van der Waals surface area contributed by atoms with Crippen LogP contribution in [0.4, 0.5) is 9.80 Å². The Bertz CT molecular complexity index is 561. The van der Waals surface area contributed by atoms with E-state index in [1.807, 2.05) is 29.6 Å². The second-order valence-corrected chi connectivity index (χ2v) is 6.05. The summed E-state index contributed by atoms with van der Waals surface area (Å²) in [7, 11) is 0. The van der Waals surface area contributed by atoms with Gasteiger partial charge in [0.2, 0.25) is 0 Å². The maximum absolute atomic E-state index is 11.5. The highest BCUT2D eigenvalue weighted by molar-refractivity contribution is 7.14. The monoisotopic (exact) mass is 294 g/mol. The molecular formula is C13H14N2O2S2. The van der Waals surface area contributed by atoms with Crippen molar-refractivity contribution in [3.63, 3.8) is 0 Å². The molecule has 2 heterocycles. The van der Waals surface area contributed by atoms with Gasteiger partial charge in [0.1, 0.15) is 0 Å². The summed E-state index contributed by atoms with van der Waals surface area (Å²) in [6.07, 6.45) is 0.732. The van der Waals surface area contributed by atoms with Crippen LogP contribution in [0.15, 0.2) is 29.6 Å². The van der Waals surface area contributed by atoms with E-state index < -0.39 is 0 Å². The van der Waals surface area contributed by atoms with Crippen molar-refractivity contribution in [3.05, 3.63) is 39.4 Å². The van der Waals surface area contributed by atoms with E-state index in [-0.39, 0.29) is 11.8 Å². The summed E-state index contributed by atoms with van der Waals surface area (Å²) in [5.74, 6) is 0.0830. The molecule has 2 rings (SSSR count). The van der Waals surface area contributed by atoms with Crippen LogP contribution >= 0.6 is 22.7 Å². The number of nitrogens with one attached hydrogen (secondary N) is 2. The molecule has 0 radical (unpaired) electrons.